The van der Waals surface area contributed by atoms with E-state index >= 15 is 0 Å². The fourth-order valence-electron chi connectivity index (χ4n) is 2.37. The van der Waals surface area contributed by atoms with Crippen LogP contribution in [-0.2, 0) is 28.5 Å². The molecule has 0 radical (unpaired) electrons. The van der Waals surface area contributed by atoms with Gasteiger partial charge in [0.1, 0.15) is 0 Å². The molecule has 0 aromatic carbocycles. The van der Waals surface area contributed by atoms with Gasteiger partial charge in [0.15, 0.2) is 12.6 Å². The SMILES string of the molecule is CC(=O)OC(C)OC1CCC(OC(C)OC(C)=O)CC1. The molecule has 1 aliphatic rings. The highest BCUT2D eigenvalue weighted by molar-refractivity contribution is 5.66. The Kier molecular flexibility index (Phi) is 6.95. The molecule has 0 aliphatic heterocycles. The Morgan fingerprint density at radius 2 is 1.10 bits per heavy atom. The van der Waals surface area contributed by atoms with Crippen LogP contribution in [0.4, 0.5) is 0 Å². The molecule has 1 saturated carbocycles. The summed E-state index contributed by atoms with van der Waals surface area (Å²) in [5.41, 5.74) is 0. The van der Waals surface area contributed by atoms with Gasteiger partial charge in [-0.2, -0.15) is 0 Å². The van der Waals surface area contributed by atoms with Crippen LogP contribution in [0.2, 0.25) is 0 Å². The Hall–Kier alpha value is -1.14. The van der Waals surface area contributed by atoms with E-state index in [-0.39, 0.29) is 24.1 Å². The average molecular weight is 288 g/mol. The van der Waals surface area contributed by atoms with Crippen molar-refractivity contribution < 1.29 is 28.5 Å². The Morgan fingerprint density at radius 1 is 0.800 bits per heavy atom. The highest BCUT2D eigenvalue weighted by Crippen LogP contribution is 2.25. The molecule has 1 rings (SSSR count). The lowest BCUT2D eigenvalue weighted by molar-refractivity contribution is -0.200. The Balaban J connectivity index is 2.22. The van der Waals surface area contributed by atoms with E-state index in [0.29, 0.717) is 0 Å². The van der Waals surface area contributed by atoms with Gasteiger partial charge in [-0.25, -0.2) is 0 Å². The van der Waals surface area contributed by atoms with Crippen LogP contribution in [0.1, 0.15) is 53.4 Å². The number of carbonyl (C=O) groups is 2. The fraction of sp³-hybridized carbons (Fsp3) is 0.857. The lowest BCUT2D eigenvalue weighted by Gasteiger charge is -2.31. The van der Waals surface area contributed by atoms with E-state index in [0.717, 1.165) is 25.7 Å². The Labute approximate surface area is 119 Å². The molecule has 0 bridgehead atoms. The Bertz CT molecular complexity index is 290. The quantitative estimate of drug-likeness (QED) is 0.551. The van der Waals surface area contributed by atoms with Gasteiger partial charge in [0.2, 0.25) is 0 Å². The predicted molar refractivity (Wildman–Crippen MR) is 70.7 cm³/mol. The molecule has 0 amide bonds. The zero-order chi connectivity index (χ0) is 15.1. The first-order valence-electron chi connectivity index (χ1n) is 7.02. The normalized spacial score (nSPS) is 25.6. The van der Waals surface area contributed by atoms with Crippen LogP contribution >= 0.6 is 0 Å². The molecule has 0 spiro atoms. The van der Waals surface area contributed by atoms with Crippen molar-refractivity contribution in [1.29, 1.82) is 0 Å². The van der Waals surface area contributed by atoms with E-state index in [2.05, 4.69) is 0 Å². The molecule has 6 heteroatoms. The van der Waals surface area contributed by atoms with Crippen LogP contribution in [0.5, 0.6) is 0 Å². The van der Waals surface area contributed by atoms with Crippen molar-refractivity contribution in [3.8, 4) is 0 Å². The lowest BCUT2D eigenvalue weighted by Crippen LogP contribution is -2.32. The van der Waals surface area contributed by atoms with Crippen LogP contribution in [0.3, 0.4) is 0 Å². The third-order valence-corrected chi connectivity index (χ3v) is 3.05. The molecule has 2 unspecified atom stereocenters. The van der Waals surface area contributed by atoms with Crippen molar-refractivity contribution in [2.45, 2.75) is 78.2 Å². The molecule has 6 nitrogen and oxygen atoms in total. The number of hydrogen-bond donors (Lipinski definition) is 0. The molecule has 0 N–H and O–H groups in total. The predicted octanol–water partition coefficient (Wildman–Crippen LogP) is 2.15. The van der Waals surface area contributed by atoms with Crippen LogP contribution in [0, 0.1) is 0 Å². The molecule has 0 saturated heterocycles. The van der Waals surface area contributed by atoms with Gasteiger partial charge >= 0.3 is 11.9 Å². The van der Waals surface area contributed by atoms with Gasteiger partial charge in [-0.3, -0.25) is 9.59 Å². The molecule has 2 atom stereocenters. The third-order valence-electron chi connectivity index (χ3n) is 3.05. The summed E-state index contributed by atoms with van der Waals surface area (Å²) in [7, 11) is 0. The fourth-order valence-corrected chi connectivity index (χ4v) is 2.37. The number of carbonyl (C=O) groups excluding carboxylic acids is 2. The first-order valence-corrected chi connectivity index (χ1v) is 7.02. The maximum atomic E-state index is 10.8. The maximum Gasteiger partial charge on any atom is 0.304 e. The van der Waals surface area contributed by atoms with Crippen LogP contribution < -0.4 is 0 Å². The summed E-state index contributed by atoms with van der Waals surface area (Å²) in [6.45, 7) is 6.15. The number of ether oxygens (including phenoxy) is 4. The van der Waals surface area contributed by atoms with Crippen molar-refractivity contribution >= 4 is 11.9 Å². The summed E-state index contributed by atoms with van der Waals surface area (Å²) in [4.78, 5) is 21.6. The highest BCUT2D eigenvalue weighted by Gasteiger charge is 2.26. The van der Waals surface area contributed by atoms with Gasteiger partial charge in [0.25, 0.3) is 0 Å². The topological polar surface area (TPSA) is 71.1 Å². The van der Waals surface area contributed by atoms with Crippen molar-refractivity contribution in [2.24, 2.45) is 0 Å². The number of hydrogen-bond acceptors (Lipinski definition) is 6. The van der Waals surface area contributed by atoms with Crippen LogP contribution in [0.25, 0.3) is 0 Å². The van der Waals surface area contributed by atoms with E-state index in [9.17, 15) is 9.59 Å². The van der Waals surface area contributed by atoms with Crippen LogP contribution in [-0.4, -0.2) is 36.7 Å². The van der Waals surface area contributed by atoms with Crippen molar-refractivity contribution in [2.75, 3.05) is 0 Å². The standard InChI is InChI=1S/C14H24O6/c1-9(15)17-11(3)19-13-5-7-14(8-6-13)20-12(4)18-10(2)16/h11-14H,5-8H2,1-4H3. The molecule has 1 fully saturated rings. The summed E-state index contributed by atoms with van der Waals surface area (Å²) < 4.78 is 21.1. The smallest absolute Gasteiger partial charge is 0.304 e. The molecule has 0 aromatic heterocycles. The summed E-state index contributed by atoms with van der Waals surface area (Å²) in [6.07, 6.45) is 2.46. The minimum Gasteiger partial charge on any atom is -0.436 e. The monoisotopic (exact) mass is 288 g/mol. The second-order valence-electron chi connectivity index (χ2n) is 5.03. The van der Waals surface area contributed by atoms with E-state index in [1.54, 1.807) is 13.8 Å². The molecule has 1 aliphatic carbocycles. The lowest BCUT2D eigenvalue weighted by atomic mass is 9.95. The third kappa shape index (κ3) is 6.86. The average Bonchev–Trinajstić information content (AvgIpc) is 2.29. The number of rotatable bonds is 6. The molecule has 0 heterocycles. The largest absolute Gasteiger partial charge is 0.436 e. The minimum absolute atomic E-state index is 0.0771. The first-order chi connectivity index (χ1) is 9.36. The van der Waals surface area contributed by atoms with Crippen molar-refractivity contribution in [1.82, 2.24) is 0 Å². The molecule has 116 valence electrons. The summed E-state index contributed by atoms with van der Waals surface area (Å²) in [5, 5.41) is 0. The summed E-state index contributed by atoms with van der Waals surface area (Å²) >= 11 is 0. The van der Waals surface area contributed by atoms with E-state index in [1.807, 2.05) is 0 Å². The zero-order valence-electron chi connectivity index (χ0n) is 12.6. The van der Waals surface area contributed by atoms with Gasteiger partial charge < -0.3 is 18.9 Å². The van der Waals surface area contributed by atoms with Gasteiger partial charge in [-0.1, -0.05) is 0 Å². The summed E-state index contributed by atoms with van der Waals surface area (Å²) in [6, 6.07) is 0. The minimum atomic E-state index is -0.519. The second kappa shape index (κ2) is 8.21. The van der Waals surface area contributed by atoms with Gasteiger partial charge in [-0.05, 0) is 39.5 Å². The number of esters is 2. The molecule has 0 aromatic rings. The van der Waals surface area contributed by atoms with Crippen LogP contribution in [0.15, 0.2) is 0 Å². The molecule has 20 heavy (non-hydrogen) atoms. The van der Waals surface area contributed by atoms with E-state index < -0.39 is 12.6 Å². The Morgan fingerprint density at radius 3 is 1.35 bits per heavy atom. The van der Waals surface area contributed by atoms with Gasteiger partial charge in [0, 0.05) is 13.8 Å². The van der Waals surface area contributed by atoms with Gasteiger partial charge in [-0.15, -0.1) is 0 Å². The van der Waals surface area contributed by atoms with Gasteiger partial charge in [0.05, 0.1) is 12.2 Å². The van der Waals surface area contributed by atoms with Crippen molar-refractivity contribution in [3.63, 3.8) is 0 Å². The highest BCUT2D eigenvalue weighted by atomic mass is 16.7. The maximum absolute atomic E-state index is 10.8. The second-order valence-corrected chi connectivity index (χ2v) is 5.03. The molecular weight excluding hydrogens is 264 g/mol. The zero-order valence-corrected chi connectivity index (χ0v) is 12.6. The van der Waals surface area contributed by atoms with E-state index in [4.69, 9.17) is 18.9 Å². The summed E-state index contributed by atoms with van der Waals surface area (Å²) in [5.74, 6) is -0.686. The van der Waals surface area contributed by atoms with E-state index in [1.165, 1.54) is 13.8 Å². The van der Waals surface area contributed by atoms with Crippen molar-refractivity contribution in [3.05, 3.63) is 0 Å². The first kappa shape index (κ1) is 16.9. The molecular formula is C14H24O6.